The molecule has 0 saturated heterocycles. The number of carbonyl (C=O) groups excluding carboxylic acids is 1. The maximum Gasteiger partial charge on any atom is 0.230 e. The van der Waals surface area contributed by atoms with Crippen molar-refractivity contribution in [3.8, 4) is 17.2 Å². The number of rotatable bonds is 6. The molecular formula is C22H18N2O4. The molecule has 0 unspecified atom stereocenters. The van der Waals surface area contributed by atoms with Gasteiger partial charge in [0.1, 0.15) is 11.4 Å². The van der Waals surface area contributed by atoms with Gasteiger partial charge in [0.2, 0.25) is 5.91 Å². The molecule has 1 aromatic heterocycles. The summed E-state index contributed by atoms with van der Waals surface area (Å²) >= 11 is 0. The predicted octanol–water partition coefficient (Wildman–Crippen LogP) is 4.81. The highest BCUT2D eigenvalue weighted by Crippen LogP contribution is 2.31. The second-order valence-electron chi connectivity index (χ2n) is 6.13. The molecule has 4 aromatic rings. The molecule has 6 heteroatoms. The zero-order chi connectivity index (χ0) is 19.3. The zero-order valence-electron chi connectivity index (χ0n) is 15.2. The Labute approximate surface area is 161 Å². The predicted molar refractivity (Wildman–Crippen MR) is 106 cm³/mol. The largest absolute Gasteiger partial charge is 0.493 e. The lowest BCUT2D eigenvalue weighted by Gasteiger charge is -2.10. The number of carbonyl (C=O) groups is 1. The number of nitrogens with zero attached hydrogens (tertiary/aromatic N) is 1. The van der Waals surface area contributed by atoms with Crippen molar-refractivity contribution in [3.05, 3.63) is 78.5 Å². The Balaban J connectivity index is 1.41. The fraction of sp³-hybridized carbons (Fsp3) is 0.0909. The summed E-state index contributed by atoms with van der Waals surface area (Å²) < 4.78 is 16.3. The number of amides is 1. The number of aromatic nitrogens is 1. The molecule has 0 fully saturated rings. The van der Waals surface area contributed by atoms with Crippen LogP contribution in [0.5, 0.6) is 17.2 Å². The Morgan fingerprint density at radius 1 is 0.964 bits per heavy atom. The lowest BCUT2D eigenvalue weighted by molar-refractivity contribution is -0.115. The summed E-state index contributed by atoms with van der Waals surface area (Å²) in [6, 6.07) is 22.0. The fourth-order valence-electron chi connectivity index (χ4n) is 2.86. The minimum Gasteiger partial charge on any atom is -0.493 e. The van der Waals surface area contributed by atoms with E-state index in [9.17, 15) is 4.79 Å². The molecule has 1 heterocycles. The number of fused-ring (bicyclic) bond motifs is 1. The Hall–Kier alpha value is -3.80. The highest BCUT2D eigenvalue weighted by molar-refractivity contribution is 5.94. The van der Waals surface area contributed by atoms with Crippen LogP contribution in [0, 0.1) is 0 Å². The minimum atomic E-state index is -0.169. The van der Waals surface area contributed by atoms with E-state index in [2.05, 4.69) is 10.5 Å². The Morgan fingerprint density at radius 2 is 1.68 bits per heavy atom. The minimum absolute atomic E-state index is 0.135. The van der Waals surface area contributed by atoms with E-state index in [4.69, 9.17) is 14.0 Å². The molecule has 140 valence electrons. The van der Waals surface area contributed by atoms with Gasteiger partial charge in [-0.15, -0.1) is 0 Å². The number of benzene rings is 3. The van der Waals surface area contributed by atoms with Crippen molar-refractivity contribution in [2.45, 2.75) is 6.42 Å². The molecule has 3 aromatic carbocycles. The van der Waals surface area contributed by atoms with Crippen molar-refractivity contribution in [2.75, 3.05) is 12.4 Å². The molecule has 0 aliphatic rings. The number of para-hydroxylation sites is 3. The second-order valence-corrected chi connectivity index (χ2v) is 6.13. The van der Waals surface area contributed by atoms with E-state index in [1.54, 1.807) is 31.4 Å². The van der Waals surface area contributed by atoms with Crippen LogP contribution in [0.1, 0.15) is 5.69 Å². The summed E-state index contributed by atoms with van der Waals surface area (Å²) in [5.41, 5.74) is 1.96. The standard InChI is InChI=1S/C22H18N2O4/c1-26-20-8-4-5-9-21(20)27-16-12-10-15(11-13-16)23-22(25)14-18-17-6-2-3-7-19(17)28-24-18/h2-13H,14H2,1H3,(H,23,25). The Morgan fingerprint density at radius 3 is 2.46 bits per heavy atom. The SMILES string of the molecule is COc1ccccc1Oc1ccc(NC(=O)Cc2noc3ccccc23)cc1. The number of methoxy groups -OCH3 is 1. The Kier molecular flexibility index (Phi) is 4.93. The van der Waals surface area contributed by atoms with Crippen LogP contribution in [0.2, 0.25) is 0 Å². The van der Waals surface area contributed by atoms with Gasteiger partial charge in [-0.25, -0.2) is 0 Å². The van der Waals surface area contributed by atoms with E-state index in [0.717, 1.165) is 5.39 Å². The molecule has 4 rings (SSSR count). The molecule has 28 heavy (non-hydrogen) atoms. The van der Waals surface area contributed by atoms with Gasteiger partial charge in [-0.2, -0.15) is 0 Å². The topological polar surface area (TPSA) is 73.6 Å². The maximum atomic E-state index is 12.3. The summed E-state index contributed by atoms with van der Waals surface area (Å²) in [6.45, 7) is 0. The van der Waals surface area contributed by atoms with E-state index < -0.39 is 0 Å². The van der Waals surface area contributed by atoms with Crippen LogP contribution >= 0.6 is 0 Å². The van der Waals surface area contributed by atoms with Crippen molar-refractivity contribution in [1.29, 1.82) is 0 Å². The average molecular weight is 374 g/mol. The van der Waals surface area contributed by atoms with Gasteiger partial charge in [0.05, 0.1) is 13.5 Å². The average Bonchev–Trinajstić information content (AvgIpc) is 3.13. The lowest BCUT2D eigenvalue weighted by atomic mass is 10.1. The van der Waals surface area contributed by atoms with E-state index in [-0.39, 0.29) is 12.3 Å². The molecule has 6 nitrogen and oxygen atoms in total. The van der Waals surface area contributed by atoms with Crippen LogP contribution in [0.3, 0.4) is 0 Å². The van der Waals surface area contributed by atoms with Crippen LogP contribution in [-0.4, -0.2) is 18.2 Å². The zero-order valence-corrected chi connectivity index (χ0v) is 15.2. The van der Waals surface area contributed by atoms with Crippen LogP contribution in [0.25, 0.3) is 11.0 Å². The first-order chi connectivity index (χ1) is 13.7. The van der Waals surface area contributed by atoms with E-state index in [1.807, 2.05) is 48.5 Å². The van der Waals surface area contributed by atoms with Gasteiger partial charge >= 0.3 is 0 Å². The molecule has 0 radical (unpaired) electrons. The van der Waals surface area contributed by atoms with E-state index in [1.165, 1.54) is 0 Å². The smallest absolute Gasteiger partial charge is 0.230 e. The molecule has 0 saturated carbocycles. The van der Waals surface area contributed by atoms with Gasteiger partial charge in [-0.05, 0) is 48.5 Å². The molecular weight excluding hydrogens is 356 g/mol. The Bertz CT molecular complexity index is 1100. The van der Waals surface area contributed by atoms with E-state index in [0.29, 0.717) is 34.2 Å². The summed E-state index contributed by atoms with van der Waals surface area (Å²) in [5.74, 6) is 1.75. The molecule has 0 bridgehead atoms. The third kappa shape index (κ3) is 3.81. The van der Waals surface area contributed by atoms with Gasteiger partial charge in [0.25, 0.3) is 0 Å². The van der Waals surface area contributed by atoms with Gasteiger partial charge in [0.15, 0.2) is 17.1 Å². The number of anilines is 1. The first kappa shape index (κ1) is 17.6. The normalized spacial score (nSPS) is 10.6. The fourth-order valence-corrected chi connectivity index (χ4v) is 2.86. The van der Waals surface area contributed by atoms with E-state index >= 15 is 0 Å². The highest BCUT2D eigenvalue weighted by atomic mass is 16.5. The first-order valence-electron chi connectivity index (χ1n) is 8.77. The van der Waals surface area contributed by atoms with Crippen LogP contribution in [0.15, 0.2) is 77.3 Å². The lowest BCUT2D eigenvalue weighted by Crippen LogP contribution is -2.14. The number of nitrogens with one attached hydrogen (secondary N) is 1. The number of ether oxygens (including phenoxy) is 2. The summed E-state index contributed by atoms with van der Waals surface area (Å²) in [7, 11) is 1.60. The molecule has 1 N–H and O–H groups in total. The molecule has 0 aliphatic carbocycles. The molecule has 1 amide bonds. The molecule has 0 atom stereocenters. The molecule has 0 spiro atoms. The maximum absolute atomic E-state index is 12.3. The first-order valence-corrected chi connectivity index (χ1v) is 8.77. The van der Waals surface area contributed by atoms with Gasteiger partial charge in [-0.3, -0.25) is 4.79 Å². The third-order valence-electron chi connectivity index (χ3n) is 4.22. The molecule has 0 aliphatic heterocycles. The second kappa shape index (κ2) is 7.84. The summed E-state index contributed by atoms with van der Waals surface area (Å²) in [6.07, 6.45) is 0.135. The number of hydrogen-bond acceptors (Lipinski definition) is 5. The quantitative estimate of drug-likeness (QED) is 0.524. The van der Waals surface area contributed by atoms with Gasteiger partial charge in [-0.1, -0.05) is 29.4 Å². The van der Waals surface area contributed by atoms with Crippen molar-refractivity contribution in [3.63, 3.8) is 0 Å². The van der Waals surface area contributed by atoms with Crippen molar-refractivity contribution in [2.24, 2.45) is 0 Å². The van der Waals surface area contributed by atoms with Crippen molar-refractivity contribution >= 4 is 22.6 Å². The summed E-state index contributed by atoms with van der Waals surface area (Å²) in [4.78, 5) is 12.3. The van der Waals surface area contributed by atoms with Crippen LogP contribution in [-0.2, 0) is 11.2 Å². The van der Waals surface area contributed by atoms with Gasteiger partial charge in [0, 0.05) is 11.1 Å². The monoisotopic (exact) mass is 374 g/mol. The highest BCUT2D eigenvalue weighted by Gasteiger charge is 2.12. The summed E-state index contributed by atoms with van der Waals surface area (Å²) in [5, 5.41) is 7.69. The van der Waals surface area contributed by atoms with Gasteiger partial charge < -0.3 is 19.3 Å². The van der Waals surface area contributed by atoms with Crippen molar-refractivity contribution < 1.29 is 18.8 Å². The number of hydrogen-bond donors (Lipinski definition) is 1. The van der Waals surface area contributed by atoms with Crippen LogP contribution in [0.4, 0.5) is 5.69 Å². The third-order valence-corrected chi connectivity index (χ3v) is 4.22. The van der Waals surface area contributed by atoms with Crippen LogP contribution < -0.4 is 14.8 Å². The van der Waals surface area contributed by atoms with Crippen molar-refractivity contribution in [1.82, 2.24) is 5.16 Å².